The molecule has 0 atom stereocenters. The van der Waals surface area contributed by atoms with Crippen molar-refractivity contribution in [2.45, 2.75) is 18.6 Å². The van der Waals surface area contributed by atoms with Crippen LogP contribution in [0.15, 0.2) is 25.0 Å². The number of amides is 1. The monoisotopic (exact) mass is 304 g/mol. The molecular weight excluding hydrogens is 284 g/mol. The maximum Gasteiger partial charge on any atom is 0.272 e. The highest BCUT2D eigenvalue weighted by Crippen LogP contribution is 2.31. The van der Waals surface area contributed by atoms with E-state index in [1.807, 2.05) is 0 Å². The van der Waals surface area contributed by atoms with E-state index in [0.717, 1.165) is 0 Å². The Hall–Kier alpha value is -1.99. The van der Waals surface area contributed by atoms with Crippen molar-refractivity contribution in [1.82, 2.24) is 14.9 Å². The van der Waals surface area contributed by atoms with Crippen molar-refractivity contribution in [3.05, 3.63) is 30.7 Å². The Morgan fingerprint density at radius 3 is 2.77 bits per heavy atom. The molecule has 1 N–H and O–H groups in total. The van der Waals surface area contributed by atoms with Gasteiger partial charge in [0.25, 0.3) is 5.91 Å². The highest BCUT2D eigenvalue weighted by atomic mass is 16.7. The summed E-state index contributed by atoms with van der Waals surface area (Å²) in [6.07, 6.45) is 4.53. The maximum atomic E-state index is 12.5. The topological polar surface area (TPSA) is 76.6 Å². The number of hydrogen-bond acceptors (Lipinski definition) is 6. The zero-order valence-corrected chi connectivity index (χ0v) is 12.5. The Kier molecular flexibility index (Phi) is 4.35. The Morgan fingerprint density at radius 1 is 1.36 bits per heavy atom. The lowest BCUT2D eigenvalue weighted by molar-refractivity contribution is -0.181. The van der Waals surface area contributed by atoms with Crippen LogP contribution in [0.3, 0.4) is 0 Å². The van der Waals surface area contributed by atoms with Gasteiger partial charge in [-0.25, -0.2) is 9.97 Å². The lowest BCUT2D eigenvalue weighted by atomic mass is 10.0. The summed E-state index contributed by atoms with van der Waals surface area (Å²) >= 11 is 0. The van der Waals surface area contributed by atoms with Crippen molar-refractivity contribution < 1.29 is 14.3 Å². The first-order valence-corrected chi connectivity index (χ1v) is 7.46. The molecule has 0 radical (unpaired) electrons. The predicted molar refractivity (Wildman–Crippen MR) is 80.5 cm³/mol. The number of nitrogens with one attached hydrogen (secondary N) is 1. The predicted octanol–water partition coefficient (Wildman–Crippen LogP) is 1.05. The second-order valence-corrected chi connectivity index (χ2v) is 5.36. The normalized spacial score (nSPS) is 20.1. The molecule has 0 unspecified atom stereocenters. The lowest BCUT2D eigenvalue weighted by Crippen LogP contribution is -2.47. The summed E-state index contributed by atoms with van der Waals surface area (Å²) in [7, 11) is 0. The van der Waals surface area contributed by atoms with Gasteiger partial charge in [-0.3, -0.25) is 4.79 Å². The molecule has 22 heavy (non-hydrogen) atoms. The van der Waals surface area contributed by atoms with Crippen molar-refractivity contribution in [2.24, 2.45) is 0 Å². The van der Waals surface area contributed by atoms with E-state index >= 15 is 0 Å². The molecular formula is C15H20N4O3. The van der Waals surface area contributed by atoms with E-state index < -0.39 is 5.79 Å². The SMILES string of the molecule is C=CCNc1cc(C(=O)N2CCC3(CC2)OCCO3)ncn1. The molecule has 0 aliphatic carbocycles. The van der Waals surface area contributed by atoms with Crippen LogP contribution in [0.1, 0.15) is 23.3 Å². The molecule has 0 saturated carbocycles. The molecule has 2 fully saturated rings. The molecule has 118 valence electrons. The molecule has 0 bridgehead atoms. The summed E-state index contributed by atoms with van der Waals surface area (Å²) in [5, 5.41) is 3.05. The number of piperidine rings is 1. The van der Waals surface area contributed by atoms with Crippen LogP contribution in [0.4, 0.5) is 5.82 Å². The van der Waals surface area contributed by atoms with Gasteiger partial charge in [0.15, 0.2) is 5.79 Å². The van der Waals surface area contributed by atoms with Crippen LogP contribution in [0.25, 0.3) is 0 Å². The zero-order valence-electron chi connectivity index (χ0n) is 12.5. The fourth-order valence-electron chi connectivity index (χ4n) is 2.75. The van der Waals surface area contributed by atoms with E-state index in [2.05, 4.69) is 21.9 Å². The molecule has 1 spiro atoms. The van der Waals surface area contributed by atoms with Crippen LogP contribution in [0.2, 0.25) is 0 Å². The first kappa shape index (κ1) is 14.9. The molecule has 3 rings (SSSR count). The van der Waals surface area contributed by atoms with E-state index in [4.69, 9.17) is 9.47 Å². The first-order valence-electron chi connectivity index (χ1n) is 7.46. The van der Waals surface area contributed by atoms with E-state index in [0.29, 0.717) is 57.2 Å². The largest absolute Gasteiger partial charge is 0.366 e. The van der Waals surface area contributed by atoms with Crippen LogP contribution in [0.5, 0.6) is 0 Å². The second kappa shape index (κ2) is 6.41. The van der Waals surface area contributed by atoms with Crippen molar-refractivity contribution >= 4 is 11.7 Å². The molecule has 2 saturated heterocycles. The molecule has 0 aromatic carbocycles. The highest BCUT2D eigenvalue weighted by Gasteiger charge is 2.41. The number of aromatic nitrogens is 2. The molecule has 1 amide bonds. The van der Waals surface area contributed by atoms with Gasteiger partial charge < -0.3 is 19.7 Å². The lowest BCUT2D eigenvalue weighted by Gasteiger charge is -2.37. The average Bonchev–Trinajstić information content (AvgIpc) is 3.01. The molecule has 1 aromatic heterocycles. The molecule has 1 aromatic rings. The number of rotatable bonds is 4. The van der Waals surface area contributed by atoms with Crippen molar-refractivity contribution in [3.8, 4) is 0 Å². The average molecular weight is 304 g/mol. The van der Waals surface area contributed by atoms with Crippen LogP contribution in [-0.4, -0.2) is 59.4 Å². The van der Waals surface area contributed by atoms with E-state index in [9.17, 15) is 4.79 Å². The van der Waals surface area contributed by atoms with Gasteiger partial charge in [0.05, 0.1) is 13.2 Å². The van der Waals surface area contributed by atoms with Gasteiger partial charge in [-0.15, -0.1) is 6.58 Å². The van der Waals surface area contributed by atoms with Crippen molar-refractivity contribution in [3.63, 3.8) is 0 Å². The fourth-order valence-corrected chi connectivity index (χ4v) is 2.75. The number of anilines is 1. The quantitative estimate of drug-likeness (QED) is 0.838. The summed E-state index contributed by atoms with van der Waals surface area (Å²) in [5.74, 6) is 0.0603. The Bertz CT molecular complexity index is 547. The number of ether oxygens (including phenoxy) is 2. The number of carbonyl (C=O) groups is 1. The third-order valence-electron chi connectivity index (χ3n) is 3.94. The summed E-state index contributed by atoms with van der Waals surface area (Å²) < 4.78 is 11.3. The minimum Gasteiger partial charge on any atom is -0.366 e. The highest BCUT2D eigenvalue weighted by molar-refractivity contribution is 5.93. The van der Waals surface area contributed by atoms with Gasteiger partial charge in [0.2, 0.25) is 0 Å². The first-order chi connectivity index (χ1) is 10.7. The molecule has 7 nitrogen and oxygen atoms in total. The van der Waals surface area contributed by atoms with Gasteiger partial charge in [-0.05, 0) is 0 Å². The van der Waals surface area contributed by atoms with Crippen LogP contribution in [0, 0.1) is 0 Å². The third-order valence-corrected chi connectivity index (χ3v) is 3.94. The van der Waals surface area contributed by atoms with Gasteiger partial charge in [-0.1, -0.05) is 6.08 Å². The maximum absolute atomic E-state index is 12.5. The van der Waals surface area contributed by atoms with E-state index in [1.165, 1.54) is 6.33 Å². The minimum atomic E-state index is -0.473. The third kappa shape index (κ3) is 3.10. The number of carbonyl (C=O) groups excluding carboxylic acids is 1. The summed E-state index contributed by atoms with van der Waals surface area (Å²) in [4.78, 5) is 22.5. The van der Waals surface area contributed by atoms with Crippen LogP contribution < -0.4 is 5.32 Å². The van der Waals surface area contributed by atoms with Crippen molar-refractivity contribution in [1.29, 1.82) is 0 Å². The standard InChI is InChI=1S/C15H20N4O3/c1-2-5-16-13-10-12(17-11-18-13)14(20)19-6-3-15(4-7-19)21-8-9-22-15/h2,10-11H,1,3-9H2,(H,16,17,18). The summed E-state index contributed by atoms with van der Waals surface area (Å²) in [5.41, 5.74) is 0.394. The van der Waals surface area contributed by atoms with Gasteiger partial charge in [0.1, 0.15) is 17.8 Å². The van der Waals surface area contributed by atoms with Gasteiger partial charge in [0, 0.05) is 38.5 Å². The summed E-state index contributed by atoms with van der Waals surface area (Å²) in [6, 6.07) is 1.67. The Morgan fingerprint density at radius 2 is 2.09 bits per heavy atom. The smallest absolute Gasteiger partial charge is 0.272 e. The fraction of sp³-hybridized carbons (Fsp3) is 0.533. The number of hydrogen-bond donors (Lipinski definition) is 1. The molecule has 7 heteroatoms. The Balaban J connectivity index is 1.63. The van der Waals surface area contributed by atoms with E-state index in [1.54, 1.807) is 17.0 Å². The van der Waals surface area contributed by atoms with Gasteiger partial charge in [-0.2, -0.15) is 0 Å². The van der Waals surface area contributed by atoms with Crippen LogP contribution >= 0.6 is 0 Å². The second-order valence-electron chi connectivity index (χ2n) is 5.36. The zero-order chi connectivity index (χ0) is 15.4. The Labute approximate surface area is 129 Å². The van der Waals surface area contributed by atoms with Crippen LogP contribution in [-0.2, 0) is 9.47 Å². The molecule has 3 heterocycles. The summed E-state index contributed by atoms with van der Waals surface area (Å²) in [6.45, 7) is 6.72. The minimum absolute atomic E-state index is 0.0862. The van der Waals surface area contributed by atoms with Gasteiger partial charge >= 0.3 is 0 Å². The van der Waals surface area contributed by atoms with Crippen molar-refractivity contribution in [2.75, 3.05) is 38.2 Å². The number of likely N-dealkylation sites (tertiary alicyclic amines) is 1. The van der Waals surface area contributed by atoms with E-state index in [-0.39, 0.29) is 5.91 Å². The molecule has 2 aliphatic rings. The molecule has 2 aliphatic heterocycles. The number of nitrogens with zero attached hydrogens (tertiary/aromatic N) is 3.